The number of fused-ring (bicyclic) bond motifs is 1. The molecule has 11 heavy (non-hydrogen) atoms. The lowest BCUT2D eigenvalue weighted by Gasteiger charge is -1.99. The molecule has 0 saturated carbocycles. The maximum atomic E-state index is 5.67. The van der Waals surface area contributed by atoms with Crippen molar-refractivity contribution in [2.75, 3.05) is 0 Å². The van der Waals surface area contributed by atoms with Gasteiger partial charge in [0, 0.05) is 6.20 Å². The molecule has 0 unspecified atom stereocenters. The molecule has 1 aromatic rings. The van der Waals surface area contributed by atoms with E-state index in [1.54, 1.807) is 0 Å². The van der Waals surface area contributed by atoms with E-state index in [1.807, 2.05) is 6.20 Å². The van der Waals surface area contributed by atoms with Crippen molar-refractivity contribution in [2.45, 2.75) is 25.1 Å². The lowest BCUT2D eigenvalue weighted by Crippen LogP contribution is -1.89. The minimum Gasteiger partial charge on any atom is -0.260 e. The summed E-state index contributed by atoms with van der Waals surface area (Å²) in [5.41, 5.74) is 3.88. The summed E-state index contributed by atoms with van der Waals surface area (Å²) in [6.45, 7) is 0. The second-order valence-corrected chi connectivity index (χ2v) is 3.20. The lowest BCUT2D eigenvalue weighted by atomic mass is 10.2. The van der Waals surface area contributed by atoms with Crippen molar-refractivity contribution in [2.24, 2.45) is 0 Å². The van der Waals surface area contributed by atoms with Crippen LogP contribution in [0.15, 0.2) is 12.3 Å². The predicted molar refractivity (Wildman–Crippen MR) is 45.8 cm³/mol. The topological polar surface area (TPSA) is 12.9 Å². The Morgan fingerprint density at radius 3 is 3.00 bits per heavy atom. The molecule has 0 bridgehead atoms. The fourth-order valence-corrected chi connectivity index (χ4v) is 1.72. The Morgan fingerprint density at radius 1 is 1.36 bits per heavy atom. The molecule has 0 aliphatic heterocycles. The van der Waals surface area contributed by atoms with Gasteiger partial charge in [0.1, 0.15) is 0 Å². The lowest BCUT2D eigenvalue weighted by molar-refractivity contribution is 0.911. The van der Waals surface area contributed by atoms with E-state index in [2.05, 4.69) is 11.1 Å². The van der Waals surface area contributed by atoms with E-state index in [0.29, 0.717) is 5.88 Å². The van der Waals surface area contributed by atoms with Crippen LogP contribution in [0.2, 0.25) is 0 Å². The zero-order chi connectivity index (χ0) is 7.68. The SMILES string of the molecule is ClCc1cc2c(cn1)CCC2. The standard InChI is InChI=1S/C9H10ClN/c10-5-9-4-7-2-1-3-8(7)6-11-9/h4,6H,1-3,5H2. The zero-order valence-corrected chi connectivity index (χ0v) is 7.06. The van der Waals surface area contributed by atoms with Crippen molar-refractivity contribution < 1.29 is 0 Å². The van der Waals surface area contributed by atoms with Gasteiger partial charge in [-0.1, -0.05) is 0 Å². The van der Waals surface area contributed by atoms with Crippen LogP contribution in [0, 0.1) is 0 Å². The van der Waals surface area contributed by atoms with Crippen LogP contribution in [0.3, 0.4) is 0 Å². The number of aromatic nitrogens is 1. The number of alkyl halides is 1. The van der Waals surface area contributed by atoms with Crippen LogP contribution in [-0.4, -0.2) is 4.98 Å². The Balaban J connectivity index is 2.41. The Labute approximate surface area is 71.4 Å². The largest absolute Gasteiger partial charge is 0.260 e. The molecule has 2 heteroatoms. The molecule has 1 aliphatic rings. The van der Waals surface area contributed by atoms with Gasteiger partial charge in [-0.05, 0) is 36.5 Å². The molecule has 0 saturated heterocycles. The first-order valence-electron chi connectivity index (χ1n) is 3.93. The highest BCUT2D eigenvalue weighted by Crippen LogP contribution is 2.21. The Kier molecular flexibility index (Phi) is 1.82. The van der Waals surface area contributed by atoms with Gasteiger partial charge < -0.3 is 0 Å². The van der Waals surface area contributed by atoms with Crippen molar-refractivity contribution in [1.82, 2.24) is 4.98 Å². The molecule has 0 radical (unpaired) electrons. The summed E-state index contributed by atoms with van der Waals surface area (Å²) < 4.78 is 0. The number of aryl methyl sites for hydroxylation is 2. The molecule has 1 aliphatic carbocycles. The number of pyridine rings is 1. The monoisotopic (exact) mass is 167 g/mol. The molecule has 1 nitrogen and oxygen atoms in total. The highest BCUT2D eigenvalue weighted by molar-refractivity contribution is 6.16. The molecule has 0 atom stereocenters. The highest BCUT2D eigenvalue weighted by Gasteiger charge is 2.10. The number of nitrogens with zero attached hydrogens (tertiary/aromatic N) is 1. The van der Waals surface area contributed by atoms with Gasteiger partial charge in [-0.25, -0.2) is 0 Å². The van der Waals surface area contributed by atoms with Crippen molar-refractivity contribution >= 4 is 11.6 Å². The second kappa shape index (κ2) is 2.82. The van der Waals surface area contributed by atoms with Crippen LogP contribution in [0.4, 0.5) is 0 Å². The average Bonchev–Trinajstić information content (AvgIpc) is 2.50. The molecule has 1 heterocycles. The second-order valence-electron chi connectivity index (χ2n) is 2.93. The zero-order valence-electron chi connectivity index (χ0n) is 6.31. The summed E-state index contributed by atoms with van der Waals surface area (Å²) in [4.78, 5) is 4.24. The Bertz CT molecular complexity index is 270. The third kappa shape index (κ3) is 1.25. The van der Waals surface area contributed by atoms with Crippen LogP contribution < -0.4 is 0 Å². The first-order chi connectivity index (χ1) is 5.40. The maximum Gasteiger partial charge on any atom is 0.0647 e. The quantitative estimate of drug-likeness (QED) is 0.585. The van der Waals surface area contributed by atoms with E-state index in [0.717, 1.165) is 5.69 Å². The summed E-state index contributed by atoms with van der Waals surface area (Å²) in [6, 6.07) is 2.13. The third-order valence-electron chi connectivity index (χ3n) is 2.17. The molecule has 0 N–H and O–H groups in total. The van der Waals surface area contributed by atoms with E-state index in [9.17, 15) is 0 Å². The van der Waals surface area contributed by atoms with E-state index in [1.165, 1.54) is 30.4 Å². The summed E-state index contributed by atoms with van der Waals surface area (Å²) in [5, 5.41) is 0. The van der Waals surface area contributed by atoms with Gasteiger partial charge in [-0.3, -0.25) is 4.98 Å². The molecular weight excluding hydrogens is 158 g/mol. The van der Waals surface area contributed by atoms with Gasteiger partial charge in [-0.2, -0.15) is 0 Å². The van der Waals surface area contributed by atoms with Crippen LogP contribution >= 0.6 is 11.6 Å². The Hall–Kier alpha value is -0.560. The van der Waals surface area contributed by atoms with Crippen molar-refractivity contribution in [3.63, 3.8) is 0 Å². The minimum atomic E-state index is 0.535. The van der Waals surface area contributed by atoms with Gasteiger partial charge in [0.25, 0.3) is 0 Å². The number of hydrogen-bond acceptors (Lipinski definition) is 1. The van der Waals surface area contributed by atoms with Crippen LogP contribution in [0.5, 0.6) is 0 Å². The van der Waals surface area contributed by atoms with Crippen molar-refractivity contribution in [3.8, 4) is 0 Å². The fraction of sp³-hybridized carbons (Fsp3) is 0.444. The van der Waals surface area contributed by atoms with Crippen molar-refractivity contribution in [1.29, 1.82) is 0 Å². The maximum absolute atomic E-state index is 5.67. The van der Waals surface area contributed by atoms with E-state index < -0.39 is 0 Å². The molecule has 0 aromatic carbocycles. The van der Waals surface area contributed by atoms with E-state index in [-0.39, 0.29) is 0 Å². The predicted octanol–water partition coefficient (Wildman–Crippen LogP) is 2.31. The molecule has 0 amide bonds. The smallest absolute Gasteiger partial charge is 0.0647 e. The normalized spacial score (nSPS) is 15.0. The number of rotatable bonds is 1. The Morgan fingerprint density at radius 2 is 2.18 bits per heavy atom. The van der Waals surface area contributed by atoms with Crippen molar-refractivity contribution in [3.05, 3.63) is 29.1 Å². The van der Waals surface area contributed by atoms with Gasteiger partial charge in [0.15, 0.2) is 0 Å². The minimum absolute atomic E-state index is 0.535. The molecular formula is C9H10ClN. The number of hydrogen-bond donors (Lipinski definition) is 0. The van der Waals surface area contributed by atoms with Gasteiger partial charge in [-0.15, -0.1) is 11.6 Å². The summed E-state index contributed by atoms with van der Waals surface area (Å²) in [5.74, 6) is 0.535. The highest BCUT2D eigenvalue weighted by atomic mass is 35.5. The van der Waals surface area contributed by atoms with E-state index >= 15 is 0 Å². The molecule has 2 rings (SSSR count). The molecule has 1 aromatic heterocycles. The fourth-order valence-electron chi connectivity index (χ4n) is 1.58. The van der Waals surface area contributed by atoms with Gasteiger partial charge in [0.2, 0.25) is 0 Å². The van der Waals surface area contributed by atoms with Crippen LogP contribution in [0.1, 0.15) is 23.2 Å². The third-order valence-corrected chi connectivity index (χ3v) is 2.44. The van der Waals surface area contributed by atoms with Crippen LogP contribution in [-0.2, 0) is 18.7 Å². The summed E-state index contributed by atoms with van der Waals surface area (Å²) in [6.07, 6.45) is 5.66. The molecule has 0 spiro atoms. The average molecular weight is 168 g/mol. The molecule has 0 fully saturated rings. The first kappa shape index (κ1) is 7.11. The summed E-state index contributed by atoms with van der Waals surface area (Å²) in [7, 11) is 0. The van der Waals surface area contributed by atoms with Gasteiger partial charge in [0.05, 0.1) is 11.6 Å². The number of halogens is 1. The van der Waals surface area contributed by atoms with Gasteiger partial charge >= 0.3 is 0 Å². The van der Waals surface area contributed by atoms with E-state index in [4.69, 9.17) is 11.6 Å². The molecule has 58 valence electrons. The first-order valence-corrected chi connectivity index (χ1v) is 4.46. The van der Waals surface area contributed by atoms with Crippen LogP contribution in [0.25, 0.3) is 0 Å². The summed E-state index contributed by atoms with van der Waals surface area (Å²) >= 11 is 5.67.